The molecule has 0 amide bonds. The molecule has 4 aromatic rings. The maximum atomic E-state index is 12.9. The normalized spacial score (nSPS) is 11.4. The average molecular weight is 370 g/mol. The van der Waals surface area contributed by atoms with Crippen molar-refractivity contribution in [2.45, 2.75) is 12.8 Å². The third kappa shape index (κ3) is 3.22. The number of carbonyl (C=O) groups is 1. The van der Waals surface area contributed by atoms with E-state index in [0.29, 0.717) is 32.7 Å². The Labute approximate surface area is 164 Å². The summed E-state index contributed by atoms with van der Waals surface area (Å²) in [5.41, 5.74) is 1.65. The minimum atomic E-state index is 0.144. The number of ether oxygens (including phenoxy) is 2. The average Bonchev–Trinajstić information content (AvgIpc) is 2.74. The first kappa shape index (κ1) is 18.4. The molecule has 140 valence electrons. The number of Topliss-reactive ketones (excluding diaryl/α,β-unsaturated/α-hetero) is 1. The summed E-state index contributed by atoms with van der Waals surface area (Å²) >= 11 is 0. The summed E-state index contributed by atoms with van der Waals surface area (Å²) in [6.45, 7) is 1.69. The number of carbonyl (C=O) groups excluding carboxylic acids is 1. The standard InChI is InChI=1S/C25H22O3/c1-3-17-6-7-18-10-13-22-21(23(26)5-4-14-28-16-15-27-2)12-9-19-8-11-20(17)24(18)25(19)22/h1,6-13H,4-5,14-16H2,2H3. The van der Waals surface area contributed by atoms with Gasteiger partial charge in [-0.25, -0.2) is 0 Å². The molecule has 0 spiro atoms. The lowest BCUT2D eigenvalue weighted by molar-refractivity contribution is 0.0670. The predicted molar refractivity (Wildman–Crippen MR) is 114 cm³/mol. The lowest BCUT2D eigenvalue weighted by Crippen LogP contribution is -2.06. The monoisotopic (exact) mass is 370 g/mol. The summed E-state index contributed by atoms with van der Waals surface area (Å²) in [4.78, 5) is 12.9. The molecular weight excluding hydrogens is 348 g/mol. The largest absolute Gasteiger partial charge is 0.382 e. The highest BCUT2D eigenvalue weighted by Gasteiger charge is 2.15. The highest BCUT2D eigenvalue weighted by atomic mass is 16.5. The van der Waals surface area contributed by atoms with Crippen LogP contribution in [0.2, 0.25) is 0 Å². The van der Waals surface area contributed by atoms with E-state index >= 15 is 0 Å². The third-order valence-electron chi connectivity index (χ3n) is 5.24. The van der Waals surface area contributed by atoms with E-state index in [0.717, 1.165) is 43.4 Å². The van der Waals surface area contributed by atoms with Crippen LogP contribution in [-0.4, -0.2) is 32.7 Å². The molecule has 28 heavy (non-hydrogen) atoms. The maximum Gasteiger partial charge on any atom is 0.163 e. The lowest BCUT2D eigenvalue weighted by atomic mass is 9.89. The van der Waals surface area contributed by atoms with Crippen molar-refractivity contribution < 1.29 is 14.3 Å². The van der Waals surface area contributed by atoms with Gasteiger partial charge >= 0.3 is 0 Å². The van der Waals surface area contributed by atoms with Crippen molar-refractivity contribution in [2.75, 3.05) is 26.9 Å². The molecule has 0 saturated carbocycles. The molecule has 0 atom stereocenters. The van der Waals surface area contributed by atoms with Crippen LogP contribution in [0.5, 0.6) is 0 Å². The zero-order valence-corrected chi connectivity index (χ0v) is 16.0. The number of rotatable bonds is 8. The van der Waals surface area contributed by atoms with E-state index in [1.165, 1.54) is 0 Å². The highest BCUT2D eigenvalue weighted by molar-refractivity contribution is 6.27. The van der Waals surface area contributed by atoms with Gasteiger partial charge in [0.1, 0.15) is 0 Å². The van der Waals surface area contributed by atoms with Crippen molar-refractivity contribution >= 4 is 38.1 Å². The number of ketones is 1. The number of hydrogen-bond acceptors (Lipinski definition) is 3. The molecule has 0 fully saturated rings. The SMILES string of the molecule is C#Cc1ccc2ccc3c(C(=O)CCCOCCOC)ccc4ccc1c2c43. The summed E-state index contributed by atoms with van der Waals surface area (Å²) in [7, 11) is 1.65. The maximum absolute atomic E-state index is 12.9. The Balaban J connectivity index is 1.71. The first-order valence-corrected chi connectivity index (χ1v) is 9.51. The first-order valence-electron chi connectivity index (χ1n) is 9.51. The van der Waals surface area contributed by atoms with Gasteiger partial charge in [-0.3, -0.25) is 4.79 Å². The van der Waals surface area contributed by atoms with Crippen molar-refractivity contribution in [1.29, 1.82) is 0 Å². The van der Waals surface area contributed by atoms with Crippen molar-refractivity contribution in [3.63, 3.8) is 0 Å². The molecule has 3 nitrogen and oxygen atoms in total. The molecule has 0 heterocycles. The van der Waals surface area contributed by atoms with E-state index in [-0.39, 0.29) is 5.78 Å². The molecule has 0 saturated heterocycles. The van der Waals surface area contributed by atoms with E-state index in [4.69, 9.17) is 15.9 Å². The Kier molecular flexibility index (Phi) is 5.25. The van der Waals surface area contributed by atoms with E-state index in [1.807, 2.05) is 18.2 Å². The Morgan fingerprint density at radius 3 is 2.32 bits per heavy atom. The van der Waals surface area contributed by atoms with Crippen molar-refractivity contribution in [2.24, 2.45) is 0 Å². The van der Waals surface area contributed by atoms with Gasteiger partial charge in [0.05, 0.1) is 13.2 Å². The molecule has 4 aromatic carbocycles. The fraction of sp³-hybridized carbons (Fsp3) is 0.240. The zero-order chi connectivity index (χ0) is 19.5. The van der Waals surface area contributed by atoms with Crippen LogP contribution in [0, 0.1) is 12.3 Å². The lowest BCUT2D eigenvalue weighted by Gasteiger charge is -2.14. The summed E-state index contributed by atoms with van der Waals surface area (Å²) < 4.78 is 10.4. The summed E-state index contributed by atoms with van der Waals surface area (Å²) in [5, 5.41) is 6.59. The quantitative estimate of drug-likeness (QED) is 0.185. The van der Waals surface area contributed by atoms with Crippen LogP contribution in [0.25, 0.3) is 32.3 Å². The van der Waals surface area contributed by atoms with E-state index in [9.17, 15) is 4.79 Å². The summed E-state index contributed by atoms with van der Waals surface area (Å²) in [6, 6.07) is 16.3. The molecular formula is C25H22O3. The van der Waals surface area contributed by atoms with Crippen LogP contribution in [0.4, 0.5) is 0 Å². The van der Waals surface area contributed by atoms with Gasteiger partial charge in [-0.2, -0.15) is 0 Å². The van der Waals surface area contributed by atoms with Gasteiger partial charge in [0, 0.05) is 31.3 Å². The molecule has 0 N–H and O–H groups in total. The Morgan fingerprint density at radius 1 is 0.893 bits per heavy atom. The van der Waals surface area contributed by atoms with Crippen LogP contribution < -0.4 is 0 Å². The zero-order valence-electron chi connectivity index (χ0n) is 16.0. The molecule has 0 aliphatic carbocycles. The minimum Gasteiger partial charge on any atom is -0.382 e. The van der Waals surface area contributed by atoms with Gasteiger partial charge in [-0.1, -0.05) is 48.4 Å². The first-order chi connectivity index (χ1) is 13.7. The fourth-order valence-electron chi connectivity index (χ4n) is 3.88. The number of terminal acetylenes is 1. The van der Waals surface area contributed by atoms with E-state index in [1.54, 1.807) is 7.11 Å². The molecule has 0 aliphatic rings. The number of hydrogen-bond donors (Lipinski definition) is 0. The number of benzene rings is 4. The van der Waals surface area contributed by atoms with Gasteiger partial charge < -0.3 is 9.47 Å². The fourth-order valence-corrected chi connectivity index (χ4v) is 3.88. The summed E-state index contributed by atoms with van der Waals surface area (Å²) in [6.07, 6.45) is 6.87. The van der Waals surface area contributed by atoms with Crippen LogP contribution >= 0.6 is 0 Å². The smallest absolute Gasteiger partial charge is 0.163 e. The topological polar surface area (TPSA) is 35.5 Å². The van der Waals surface area contributed by atoms with Gasteiger partial charge in [0.2, 0.25) is 0 Å². The minimum absolute atomic E-state index is 0.144. The van der Waals surface area contributed by atoms with Crippen molar-refractivity contribution in [3.8, 4) is 12.3 Å². The van der Waals surface area contributed by atoms with Crippen molar-refractivity contribution in [3.05, 3.63) is 59.7 Å². The van der Waals surface area contributed by atoms with Gasteiger partial charge in [-0.15, -0.1) is 6.42 Å². The molecule has 3 heteroatoms. The Bertz CT molecular complexity index is 1180. The van der Waals surface area contributed by atoms with Crippen LogP contribution in [0.1, 0.15) is 28.8 Å². The second-order valence-electron chi connectivity index (χ2n) is 6.92. The molecule has 0 radical (unpaired) electrons. The third-order valence-corrected chi connectivity index (χ3v) is 5.24. The molecule has 0 bridgehead atoms. The molecule has 0 unspecified atom stereocenters. The van der Waals surface area contributed by atoms with Crippen LogP contribution in [-0.2, 0) is 9.47 Å². The summed E-state index contributed by atoms with van der Waals surface area (Å²) in [5.74, 6) is 2.92. The second-order valence-corrected chi connectivity index (χ2v) is 6.92. The van der Waals surface area contributed by atoms with Crippen LogP contribution in [0.3, 0.4) is 0 Å². The molecule has 4 rings (SSSR count). The van der Waals surface area contributed by atoms with E-state index < -0.39 is 0 Å². The number of methoxy groups -OCH3 is 1. The van der Waals surface area contributed by atoms with Gasteiger partial charge in [0.25, 0.3) is 0 Å². The Hall–Kier alpha value is -2.93. The molecule has 0 aliphatic heterocycles. The van der Waals surface area contributed by atoms with E-state index in [2.05, 4.69) is 36.3 Å². The molecule has 0 aromatic heterocycles. The Morgan fingerprint density at radius 2 is 1.57 bits per heavy atom. The van der Waals surface area contributed by atoms with Crippen molar-refractivity contribution in [1.82, 2.24) is 0 Å². The van der Waals surface area contributed by atoms with Gasteiger partial charge in [-0.05, 0) is 44.8 Å². The van der Waals surface area contributed by atoms with Crippen LogP contribution in [0.15, 0.2) is 48.5 Å². The second kappa shape index (κ2) is 7.98. The van der Waals surface area contributed by atoms with Gasteiger partial charge in [0.15, 0.2) is 5.78 Å². The highest BCUT2D eigenvalue weighted by Crippen LogP contribution is 2.37. The predicted octanol–water partition coefficient (Wildman–Crippen LogP) is 5.19.